The minimum atomic E-state index is -0.0887. The number of esters is 1. The lowest BCUT2D eigenvalue weighted by atomic mass is 10.0. The van der Waals surface area contributed by atoms with Crippen LogP contribution in [0.25, 0.3) is 0 Å². The largest absolute Gasteiger partial charge is 0.466 e. The Morgan fingerprint density at radius 1 is 1.50 bits per heavy atom. The summed E-state index contributed by atoms with van der Waals surface area (Å²) in [4.78, 5) is 11.4. The summed E-state index contributed by atoms with van der Waals surface area (Å²) in [6, 6.07) is 0. The van der Waals surface area contributed by atoms with Gasteiger partial charge in [0.1, 0.15) is 0 Å². The zero-order chi connectivity index (χ0) is 11.8. The molecule has 0 amide bonds. The van der Waals surface area contributed by atoms with Crippen LogP contribution in [0.2, 0.25) is 0 Å². The van der Waals surface area contributed by atoms with E-state index in [-0.39, 0.29) is 11.9 Å². The van der Waals surface area contributed by atoms with Gasteiger partial charge in [0.2, 0.25) is 0 Å². The molecule has 0 aromatic rings. The van der Waals surface area contributed by atoms with Gasteiger partial charge in [0.15, 0.2) is 0 Å². The van der Waals surface area contributed by atoms with Crippen molar-refractivity contribution in [1.82, 2.24) is 5.32 Å². The van der Waals surface area contributed by atoms with Gasteiger partial charge >= 0.3 is 5.97 Å². The molecule has 0 aliphatic carbocycles. The Bertz CT molecular complexity index is 205. The number of ether oxygens (including phenoxy) is 1. The maximum Gasteiger partial charge on any atom is 0.309 e. The molecule has 16 heavy (non-hydrogen) atoms. The molecule has 0 spiro atoms. The van der Waals surface area contributed by atoms with Gasteiger partial charge in [-0.25, -0.2) is 0 Å². The van der Waals surface area contributed by atoms with Crippen LogP contribution in [0.3, 0.4) is 0 Å². The second-order valence-corrected chi connectivity index (χ2v) is 5.59. The van der Waals surface area contributed by atoms with Crippen molar-refractivity contribution < 1.29 is 9.53 Å². The van der Waals surface area contributed by atoms with Gasteiger partial charge < -0.3 is 10.1 Å². The quantitative estimate of drug-likeness (QED) is 0.726. The molecule has 0 radical (unpaired) electrons. The van der Waals surface area contributed by atoms with Crippen molar-refractivity contribution in [2.45, 2.75) is 26.7 Å². The van der Waals surface area contributed by atoms with Gasteiger partial charge in [-0.05, 0) is 43.7 Å². The molecule has 1 fully saturated rings. The third-order valence-corrected chi connectivity index (χ3v) is 3.96. The van der Waals surface area contributed by atoms with E-state index in [4.69, 9.17) is 4.74 Å². The summed E-state index contributed by atoms with van der Waals surface area (Å²) < 4.78 is 4.96. The van der Waals surface area contributed by atoms with Crippen molar-refractivity contribution >= 4 is 17.7 Å². The van der Waals surface area contributed by atoms with Crippen molar-refractivity contribution in [2.75, 3.05) is 31.2 Å². The lowest BCUT2D eigenvalue weighted by Gasteiger charge is -2.22. The van der Waals surface area contributed by atoms with E-state index in [9.17, 15) is 4.79 Å². The van der Waals surface area contributed by atoms with Gasteiger partial charge in [-0.3, -0.25) is 4.79 Å². The van der Waals surface area contributed by atoms with E-state index in [0.717, 1.165) is 19.0 Å². The van der Waals surface area contributed by atoms with Crippen LogP contribution in [0.4, 0.5) is 0 Å². The van der Waals surface area contributed by atoms with Crippen LogP contribution in [0, 0.1) is 11.8 Å². The van der Waals surface area contributed by atoms with Crippen LogP contribution in [0.15, 0.2) is 0 Å². The van der Waals surface area contributed by atoms with Crippen LogP contribution in [-0.2, 0) is 9.53 Å². The fraction of sp³-hybridized carbons (Fsp3) is 0.917. The standard InChI is InChI=1S/C12H23NO2S/c1-3-15-12(14)10(2)8-13-9-11-4-6-16-7-5-11/h10-11,13H,3-9H2,1-2H3. The fourth-order valence-electron chi connectivity index (χ4n) is 1.82. The van der Waals surface area contributed by atoms with Gasteiger partial charge in [-0.2, -0.15) is 11.8 Å². The number of hydrogen-bond acceptors (Lipinski definition) is 4. The van der Waals surface area contributed by atoms with E-state index in [2.05, 4.69) is 5.32 Å². The molecule has 0 bridgehead atoms. The molecule has 1 heterocycles. The van der Waals surface area contributed by atoms with Crippen molar-refractivity contribution in [3.05, 3.63) is 0 Å². The summed E-state index contributed by atoms with van der Waals surface area (Å²) in [6.45, 7) is 6.02. The first kappa shape index (κ1) is 13.8. The molecule has 0 aromatic carbocycles. The SMILES string of the molecule is CCOC(=O)C(C)CNCC1CCSCC1. The Labute approximate surface area is 103 Å². The number of hydrogen-bond donors (Lipinski definition) is 1. The zero-order valence-corrected chi connectivity index (χ0v) is 11.1. The molecule has 3 nitrogen and oxygen atoms in total. The second-order valence-electron chi connectivity index (χ2n) is 4.37. The summed E-state index contributed by atoms with van der Waals surface area (Å²) in [5, 5.41) is 3.38. The summed E-state index contributed by atoms with van der Waals surface area (Å²) in [7, 11) is 0. The van der Waals surface area contributed by atoms with Gasteiger partial charge in [0.25, 0.3) is 0 Å². The minimum absolute atomic E-state index is 0.0297. The average molecular weight is 245 g/mol. The normalized spacial score (nSPS) is 19.4. The van der Waals surface area contributed by atoms with E-state index >= 15 is 0 Å². The third kappa shape index (κ3) is 5.21. The van der Waals surface area contributed by atoms with Gasteiger partial charge in [0, 0.05) is 6.54 Å². The Kier molecular flexibility index (Phi) is 6.88. The topological polar surface area (TPSA) is 38.3 Å². The van der Waals surface area contributed by atoms with E-state index in [1.165, 1.54) is 24.3 Å². The fourth-order valence-corrected chi connectivity index (χ4v) is 3.03. The smallest absolute Gasteiger partial charge is 0.309 e. The highest BCUT2D eigenvalue weighted by atomic mass is 32.2. The summed E-state index contributed by atoms with van der Waals surface area (Å²) in [6.07, 6.45) is 2.62. The highest BCUT2D eigenvalue weighted by Gasteiger charge is 2.16. The molecule has 1 N–H and O–H groups in total. The molecule has 1 unspecified atom stereocenters. The zero-order valence-electron chi connectivity index (χ0n) is 10.3. The van der Waals surface area contributed by atoms with Crippen LogP contribution in [0.1, 0.15) is 26.7 Å². The molecule has 1 atom stereocenters. The maximum absolute atomic E-state index is 11.4. The van der Waals surface area contributed by atoms with Gasteiger partial charge in [-0.15, -0.1) is 0 Å². The molecule has 1 saturated heterocycles. The summed E-state index contributed by atoms with van der Waals surface area (Å²) in [5.74, 6) is 3.27. The molecule has 1 aliphatic rings. The lowest BCUT2D eigenvalue weighted by Crippen LogP contribution is -2.32. The molecule has 4 heteroatoms. The van der Waals surface area contributed by atoms with Crippen LogP contribution < -0.4 is 5.32 Å². The first-order chi connectivity index (χ1) is 7.74. The van der Waals surface area contributed by atoms with E-state index in [0.29, 0.717) is 6.61 Å². The summed E-state index contributed by atoms with van der Waals surface area (Å²) >= 11 is 2.05. The van der Waals surface area contributed by atoms with Crippen molar-refractivity contribution in [1.29, 1.82) is 0 Å². The lowest BCUT2D eigenvalue weighted by molar-refractivity contribution is -0.147. The van der Waals surface area contributed by atoms with Gasteiger partial charge in [-0.1, -0.05) is 6.92 Å². The first-order valence-corrected chi connectivity index (χ1v) is 7.34. The predicted octanol–water partition coefficient (Wildman–Crippen LogP) is 1.92. The Morgan fingerprint density at radius 2 is 2.19 bits per heavy atom. The van der Waals surface area contributed by atoms with Crippen molar-refractivity contribution in [2.24, 2.45) is 11.8 Å². The van der Waals surface area contributed by atoms with Crippen LogP contribution >= 0.6 is 11.8 Å². The monoisotopic (exact) mass is 245 g/mol. The number of thioether (sulfide) groups is 1. The van der Waals surface area contributed by atoms with E-state index in [1.54, 1.807) is 0 Å². The Hall–Kier alpha value is -0.220. The molecule has 1 aliphatic heterocycles. The van der Waals surface area contributed by atoms with Crippen LogP contribution in [0.5, 0.6) is 0 Å². The number of nitrogens with one attached hydrogen (secondary N) is 1. The Balaban J connectivity index is 2.07. The number of rotatable bonds is 6. The molecule has 0 saturated carbocycles. The predicted molar refractivity (Wildman–Crippen MR) is 68.7 cm³/mol. The van der Waals surface area contributed by atoms with E-state index in [1.807, 2.05) is 25.6 Å². The average Bonchev–Trinajstić information content (AvgIpc) is 2.30. The molecule has 0 aromatic heterocycles. The van der Waals surface area contributed by atoms with Crippen LogP contribution in [-0.4, -0.2) is 37.2 Å². The third-order valence-electron chi connectivity index (χ3n) is 2.91. The molecular weight excluding hydrogens is 222 g/mol. The highest BCUT2D eigenvalue weighted by molar-refractivity contribution is 7.99. The Morgan fingerprint density at radius 3 is 2.81 bits per heavy atom. The van der Waals surface area contributed by atoms with Crippen molar-refractivity contribution in [3.63, 3.8) is 0 Å². The molecule has 1 rings (SSSR count). The maximum atomic E-state index is 11.4. The second kappa shape index (κ2) is 7.96. The van der Waals surface area contributed by atoms with Crippen molar-refractivity contribution in [3.8, 4) is 0 Å². The van der Waals surface area contributed by atoms with Gasteiger partial charge in [0.05, 0.1) is 12.5 Å². The molecule has 94 valence electrons. The first-order valence-electron chi connectivity index (χ1n) is 6.19. The molecular formula is C12H23NO2S. The minimum Gasteiger partial charge on any atom is -0.466 e. The number of carbonyl (C=O) groups is 1. The van der Waals surface area contributed by atoms with E-state index < -0.39 is 0 Å². The summed E-state index contributed by atoms with van der Waals surface area (Å²) in [5.41, 5.74) is 0. The highest BCUT2D eigenvalue weighted by Crippen LogP contribution is 2.21. The number of carbonyl (C=O) groups excluding carboxylic acids is 1.